The number of benzene rings is 2. The molecule has 2 heterocycles. The summed E-state index contributed by atoms with van der Waals surface area (Å²) in [5.74, 6) is -0.337. The van der Waals surface area contributed by atoms with Gasteiger partial charge >= 0.3 is 0 Å². The molecule has 0 radical (unpaired) electrons. The monoisotopic (exact) mass is 377 g/mol. The molecule has 2 amide bonds. The summed E-state index contributed by atoms with van der Waals surface area (Å²) in [6.45, 7) is 1.45. The molecule has 0 unspecified atom stereocenters. The minimum atomic E-state index is -0.177. The number of amides is 2. The first-order valence-electron chi connectivity index (χ1n) is 8.39. The SMILES string of the molecule is CC(=O)Nc1ccc2c(c1)C(=Cc1cccn1-c1cccc(Cl)c1)C(=O)N2. The first kappa shape index (κ1) is 17.1. The second kappa shape index (κ2) is 6.78. The van der Waals surface area contributed by atoms with Crippen LogP contribution in [0.3, 0.4) is 0 Å². The molecule has 6 heteroatoms. The fourth-order valence-corrected chi connectivity index (χ4v) is 3.32. The highest BCUT2D eigenvalue weighted by atomic mass is 35.5. The maximum absolute atomic E-state index is 12.5. The van der Waals surface area contributed by atoms with Crippen LogP contribution in [0, 0.1) is 0 Å². The van der Waals surface area contributed by atoms with Crippen molar-refractivity contribution in [3.63, 3.8) is 0 Å². The average molecular weight is 378 g/mol. The summed E-state index contributed by atoms with van der Waals surface area (Å²) in [5, 5.41) is 6.25. The molecule has 27 heavy (non-hydrogen) atoms. The van der Waals surface area contributed by atoms with Gasteiger partial charge in [-0.1, -0.05) is 17.7 Å². The molecule has 4 rings (SSSR count). The Morgan fingerprint density at radius 3 is 2.78 bits per heavy atom. The highest BCUT2D eigenvalue weighted by Crippen LogP contribution is 2.35. The van der Waals surface area contributed by atoms with E-state index in [0.717, 1.165) is 22.6 Å². The van der Waals surface area contributed by atoms with Gasteiger partial charge < -0.3 is 15.2 Å². The van der Waals surface area contributed by atoms with Crippen molar-refractivity contribution in [1.82, 2.24) is 4.57 Å². The Morgan fingerprint density at radius 1 is 1.15 bits per heavy atom. The van der Waals surface area contributed by atoms with Gasteiger partial charge in [-0.25, -0.2) is 0 Å². The van der Waals surface area contributed by atoms with Crippen LogP contribution in [-0.4, -0.2) is 16.4 Å². The van der Waals surface area contributed by atoms with E-state index in [-0.39, 0.29) is 11.8 Å². The van der Waals surface area contributed by atoms with Gasteiger partial charge in [0, 0.05) is 46.5 Å². The Labute approximate surface area is 161 Å². The topological polar surface area (TPSA) is 63.1 Å². The van der Waals surface area contributed by atoms with Gasteiger partial charge in [0.2, 0.25) is 5.91 Å². The number of hydrogen-bond donors (Lipinski definition) is 2. The van der Waals surface area contributed by atoms with E-state index in [4.69, 9.17) is 11.6 Å². The number of nitrogens with one attached hydrogen (secondary N) is 2. The molecule has 134 valence electrons. The second-order valence-electron chi connectivity index (χ2n) is 6.24. The van der Waals surface area contributed by atoms with E-state index in [0.29, 0.717) is 16.3 Å². The number of carbonyl (C=O) groups excluding carboxylic acids is 2. The maximum Gasteiger partial charge on any atom is 0.256 e. The molecular weight excluding hydrogens is 362 g/mol. The van der Waals surface area contributed by atoms with Crippen LogP contribution in [0.15, 0.2) is 60.8 Å². The van der Waals surface area contributed by atoms with Crippen molar-refractivity contribution in [3.8, 4) is 5.69 Å². The van der Waals surface area contributed by atoms with Gasteiger partial charge in [0.15, 0.2) is 0 Å². The van der Waals surface area contributed by atoms with Gasteiger partial charge in [-0.2, -0.15) is 0 Å². The molecule has 1 aliphatic heterocycles. The van der Waals surface area contributed by atoms with Crippen molar-refractivity contribution in [2.75, 3.05) is 10.6 Å². The maximum atomic E-state index is 12.5. The number of halogens is 1. The molecule has 0 saturated heterocycles. The fraction of sp³-hybridized carbons (Fsp3) is 0.0476. The first-order chi connectivity index (χ1) is 13.0. The van der Waals surface area contributed by atoms with Crippen LogP contribution in [0.2, 0.25) is 5.02 Å². The molecule has 0 spiro atoms. The molecule has 0 aliphatic carbocycles. The molecule has 0 saturated carbocycles. The van der Waals surface area contributed by atoms with Crippen molar-refractivity contribution >= 4 is 46.4 Å². The van der Waals surface area contributed by atoms with Gasteiger partial charge in [0.25, 0.3) is 5.91 Å². The van der Waals surface area contributed by atoms with Crippen molar-refractivity contribution < 1.29 is 9.59 Å². The van der Waals surface area contributed by atoms with E-state index in [1.54, 1.807) is 18.2 Å². The first-order valence-corrected chi connectivity index (χ1v) is 8.77. The van der Waals surface area contributed by atoms with E-state index in [1.807, 2.05) is 53.2 Å². The Balaban J connectivity index is 1.78. The van der Waals surface area contributed by atoms with E-state index < -0.39 is 0 Å². The highest BCUT2D eigenvalue weighted by Gasteiger charge is 2.25. The number of rotatable bonds is 3. The number of hydrogen-bond acceptors (Lipinski definition) is 2. The minimum Gasteiger partial charge on any atom is -0.326 e. The van der Waals surface area contributed by atoms with Crippen LogP contribution in [0.5, 0.6) is 0 Å². The molecule has 0 atom stereocenters. The number of aromatic nitrogens is 1. The van der Waals surface area contributed by atoms with Crippen LogP contribution in [-0.2, 0) is 9.59 Å². The summed E-state index contributed by atoms with van der Waals surface area (Å²) in [7, 11) is 0. The molecule has 2 aromatic carbocycles. The van der Waals surface area contributed by atoms with Crippen molar-refractivity contribution in [2.45, 2.75) is 6.92 Å². The lowest BCUT2D eigenvalue weighted by Crippen LogP contribution is -2.05. The summed E-state index contributed by atoms with van der Waals surface area (Å²) >= 11 is 6.11. The minimum absolute atomic E-state index is 0.160. The molecule has 5 nitrogen and oxygen atoms in total. The lowest BCUT2D eigenvalue weighted by atomic mass is 10.0. The van der Waals surface area contributed by atoms with Gasteiger partial charge in [-0.3, -0.25) is 9.59 Å². The predicted molar refractivity (Wildman–Crippen MR) is 108 cm³/mol. The third kappa shape index (κ3) is 3.37. The zero-order chi connectivity index (χ0) is 19.0. The number of carbonyl (C=O) groups is 2. The van der Waals surface area contributed by atoms with Crippen molar-refractivity contribution in [3.05, 3.63) is 77.1 Å². The molecule has 0 fully saturated rings. The highest BCUT2D eigenvalue weighted by molar-refractivity contribution is 6.35. The average Bonchev–Trinajstić information content (AvgIpc) is 3.20. The van der Waals surface area contributed by atoms with Crippen LogP contribution in [0.25, 0.3) is 17.3 Å². The standard InChI is InChI=1S/C21H16ClN3O2/c1-13(26)23-15-7-8-20-18(11-15)19(21(27)24-20)12-17-6-3-9-25(17)16-5-2-4-14(22)10-16/h2-12H,1H3,(H,23,26)(H,24,27). The Kier molecular flexibility index (Phi) is 4.30. The largest absolute Gasteiger partial charge is 0.326 e. The molecule has 1 aliphatic rings. The van der Waals surface area contributed by atoms with Crippen LogP contribution < -0.4 is 10.6 Å². The quantitative estimate of drug-likeness (QED) is 0.656. The zero-order valence-corrected chi connectivity index (χ0v) is 15.2. The number of fused-ring (bicyclic) bond motifs is 1. The lowest BCUT2D eigenvalue weighted by Gasteiger charge is -2.08. The lowest BCUT2D eigenvalue weighted by molar-refractivity contribution is -0.114. The summed E-state index contributed by atoms with van der Waals surface area (Å²) in [6.07, 6.45) is 3.75. The normalized spacial score (nSPS) is 14.1. The third-order valence-corrected chi connectivity index (χ3v) is 4.52. The van der Waals surface area contributed by atoms with Gasteiger partial charge in [0.1, 0.15) is 0 Å². The van der Waals surface area contributed by atoms with Gasteiger partial charge in [-0.15, -0.1) is 0 Å². The Morgan fingerprint density at radius 2 is 2.00 bits per heavy atom. The van der Waals surface area contributed by atoms with Crippen LogP contribution in [0.4, 0.5) is 11.4 Å². The van der Waals surface area contributed by atoms with Crippen LogP contribution >= 0.6 is 11.6 Å². The summed E-state index contributed by atoms with van der Waals surface area (Å²) in [5.41, 5.74) is 4.42. The van der Waals surface area contributed by atoms with Crippen molar-refractivity contribution in [1.29, 1.82) is 0 Å². The number of nitrogens with zero attached hydrogens (tertiary/aromatic N) is 1. The van der Waals surface area contributed by atoms with E-state index >= 15 is 0 Å². The molecular formula is C21H16ClN3O2. The molecule has 1 aromatic heterocycles. The van der Waals surface area contributed by atoms with Gasteiger partial charge in [-0.05, 0) is 54.6 Å². The van der Waals surface area contributed by atoms with Crippen molar-refractivity contribution in [2.24, 2.45) is 0 Å². The third-order valence-electron chi connectivity index (χ3n) is 4.28. The zero-order valence-electron chi connectivity index (χ0n) is 14.5. The predicted octanol–water partition coefficient (Wildman–Crippen LogP) is 4.58. The van der Waals surface area contributed by atoms with Crippen LogP contribution in [0.1, 0.15) is 18.2 Å². The van der Waals surface area contributed by atoms with E-state index in [2.05, 4.69) is 10.6 Å². The smallest absolute Gasteiger partial charge is 0.256 e. The fourth-order valence-electron chi connectivity index (χ4n) is 3.13. The summed E-state index contributed by atoms with van der Waals surface area (Å²) in [4.78, 5) is 23.8. The summed E-state index contributed by atoms with van der Waals surface area (Å²) in [6, 6.07) is 16.7. The molecule has 0 bridgehead atoms. The summed E-state index contributed by atoms with van der Waals surface area (Å²) < 4.78 is 1.96. The van der Waals surface area contributed by atoms with E-state index in [9.17, 15) is 9.59 Å². The molecule has 3 aromatic rings. The number of anilines is 2. The Hall–Kier alpha value is -3.31. The molecule has 2 N–H and O–H groups in total. The Bertz CT molecular complexity index is 1100. The second-order valence-corrected chi connectivity index (χ2v) is 6.67. The van der Waals surface area contributed by atoms with E-state index in [1.165, 1.54) is 6.92 Å². The van der Waals surface area contributed by atoms with Gasteiger partial charge in [0.05, 0.1) is 5.57 Å².